The van der Waals surface area contributed by atoms with Crippen LogP contribution < -0.4 is 0 Å². The molecule has 0 aliphatic heterocycles. The van der Waals surface area contributed by atoms with Crippen LogP contribution in [0.15, 0.2) is 12.2 Å². The standard InChI is InChI=1S/C8H15O4P/c1-4-13(10,11)6-5-12-8(9)7(2)3/h2,4-6H2,1,3H3,(H,10,11). The molecule has 0 aromatic rings. The average Bonchev–Trinajstić information content (AvgIpc) is 2.04. The molecule has 0 saturated heterocycles. The van der Waals surface area contributed by atoms with E-state index in [0.717, 1.165) is 0 Å². The van der Waals surface area contributed by atoms with E-state index in [2.05, 4.69) is 11.3 Å². The second-order valence-corrected chi connectivity index (χ2v) is 5.57. The van der Waals surface area contributed by atoms with Crippen LogP contribution >= 0.6 is 7.37 Å². The van der Waals surface area contributed by atoms with Gasteiger partial charge in [0.1, 0.15) is 6.61 Å². The summed E-state index contributed by atoms with van der Waals surface area (Å²) in [7, 11) is -3.07. The monoisotopic (exact) mass is 206 g/mol. The van der Waals surface area contributed by atoms with Crippen molar-refractivity contribution >= 4 is 13.3 Å². The summed E-state index contributed by atoms with van der Waals surface area (Å²) in [5.74, 6) is -0.517. The molecule has 0 radical (unpaired) electrons. The van der Waals surface area contributed by atoms with Gasteiger partial charge in [-0.1, -0.05) is 13.5 Å². The molecule has 4 nitrogen and oxygen atoms in total. The third-order valence-electron chi connectivity index (χ3n) is 1.52. The smallest absolute Gasteiger partial charge is 0.333 e. The molecular weight excluding hydrogens is 191 g/mol. The molecule has 0 aromatic carbocycles. The second kappa shape index (κ2) is 5.20. The highest BCUT2D eigenvalue weighted by Gasteiger charge is 2.15. The van der Waals surface area contributed by atoms with Crippen molar-refractivity contribution in [3.05, 3.63) is 12.2 Å². The number of ether oxygens (including phenoxy) is 1. The first-order chi connectivity index (χ1) is 5.89. The van der Waals surface area contributed by atoms with Gasteiger partial charge in [-0.05, 0) is 6.92 Å². The van der Waals surface area contributed by atoms with E-state index in [1.807, 2.05) is 0 Å². The van der Waals surface area contributed by atoms with E-state index in [9.17, 15) is 9.36 Å². The molecule has 0 spiro atoms. The van der Waals surface area contributed by atoms with E-state index in [1.165, 1.54) is 6.92 Å². The van der Waals surface area contributed by atoms with E-state index in [4.69, 9.17) is 4.89 Å². The fourth-order valence-electron chi connectivity index (χ4n) is 0.562. The summed E-state index contributed by atoms with van der Waals surface area (Å²) in [5.41, 5.74) is 0.296. The number of rotatable bonds is 5. The van der Waals surface area contributed by atoms with Crippen LogP contribution in [0.2, 0.25) is 0 Å². The third-order valence-corrected chi connectivity index (χ3v) is 3.39. The van der Waals surface area contributed by atoms with Crippen LogP contribution in [0.3, 0.4) is 0 Å². The van der Waals surface area contributed by atoms with E-state index in [1.54, 1.807) is 6.92 Å². The molecule has 0 aliphatic carbocycles. The van der Waals surface area contributed by atoms with Gasteiger partial charge in [0, 0.05) is 11.7 Å². The van der Waals surface area contributed by atoms with Crippen molar-refractivity contribution in [2.75, 3.05) is 18.9 Å². The first-order valence-electron chi connectivity index (χ1n) is 4.02. The molecule has 1 N–H and O–H groups in total. The van der Waals surface area contributed by atoms with Crippen molar-refractivity contribution < 1.29 is 19.0 Å². The lowest BCUT2D eigenvalue weighted by molar-refractivity contribution is -0.138. The summed E-state index contributed by atoms with van der Waals surface area (Å²) in [4.78, 5) is 19.9. The Kier molecular flexibility index (Phi) is 4.96. The van der Waals surface area contributed by atoms with Gasteiger partial charge in [-0.25, -0.2) is 4.79 Å². The van der Waals surface area contributed by atoms with Gasteiger partial charge in [0.15, 0.2) is 0 Å². The SMILES string of the molecule is C=C(C)C(=O)OCCP(=O)(O)CC. The highest BCUT2D eigenvalue weighted by Crippen LogP contribution is 2.38. The number of hydrogen-bond acceptors (Lipinski definition) is 3. The van der Waals surface area contributed by atoms with Gasteiger partial charge in [-0.2, -0.15) is 0 Å². The summed E-state index contributed by atoms with van der Waals surface area (Å²) >= 11 is 0. The molecule has 1 atom stereocenters. The summed E-state index contributed by atoms with van der Waals surface area (Å²) in [6, 6.07) is 0. The molecule has 0 amide bonds. The maximum atomic E-state index is 11.1. The maximum absolute atomic E-state index is 11.1. The lowest BCUT2D eigenvalue weighted by Crippen LogP contribution is -2.09. The minimum absolute atomic E-state index is 0.0164. The van der Waals surface area contributed by atoms with Crippen molar-refractivity contribution in [2.45, 2.75) is 13.8 Å². The van der Waals surface area contributed by atoms with E-state index in [-0.39, 0.29) is 18.9 Å². The van der Waals surface area contributed by atoms with Gasteiger partial charge < -0.3 is 9.63 Å². The Bertz CT molecular complexity index is 247. The van der Waals surface area contributed by atoms with E-state index >= 15 is 0 Å². The molecule has 0 saturated carbocycles. The molecule has 0 rings (SSSR count). The van der Waals surface area contributed by atoms with Crippen LogP contribution in [-0.4, -0.2) is 29.8 Å². The molecule has 0 heterocycles. The minimum Gasteiger partial charge on any atom is -0.462 e. The topological polar surface area (TPSA) is 63.6 Å². The van der Waals surface area contributed by atoms with Gasteiger partial charge in [0.05, 0.1) is 6.16 Å². The minimum atomic E-state index is -3.07. The van der Waals surface area contributed by atoms with Crippen molar-refractivity contribution in [1.29, 1.82) is 0 Å². The molecule has 76 valence electrons. The lowest BCUT2D eigenvalue weighted by atomic mass is 10.4. The van der Waals surface area contributed by atoms with Crippen LogP contribution in [0.1, 0.15) is 13.8 Å². The zero-order valence-electron chi connectivity index (χ0n) is 7.95. The Morgan fingerprint density at radius 3 is 2.54 bits per heavy atom. The van der Waals surface area contributed by atoms with E-state index < -0.39 is 13.3 Å². The zero-order valence-corrected chi connectivity index (χ0v) is 8.84. The molecule has 13 heavy (non-hydrogen) atoms. The fourth-order valence-corrected chi connectivity index (χ4v) is 1.26. The Hall–Kier alpha value is -0.600. The first kappa shape index (κ1) is 12.4. The number of carbonyl (C=O) groups excluding carboxylic acids is 1. The van der Waals surface area contributed by atoms with Crippen LogP contribution in [0.25, 0.3) is 0 Å². The van der Waals surface area contributed by atoms with Crippen molar-refractivity contribution in [1.82, 2.24) is 0 Å². The molecule has 0 aromatic heterocycles. The molecule has 5 heteroatoms. The Labute approximate surface area is 78.0 Å². The summed E-state index contributed by atoms with van der Waals surface area (Å²) in [6.45, 7) is 6.52. The summed E-state index contributed by atoms with van der Waals surface area (Å²) < 4.78 is 15.7. The Balaban J connectivity index is 3.75. The second-order valence-electron chi connectivity index (χ2n) is 2.80. The van der Waals surface area contributed by atoms with Gasteiger partial charge >= 0.3 is 5.97 Å². The largest absolute Gasteiger partial charge is 0.462 e. The first-order valence-corrected chi connectivity index (χ1v) is 6.05. The highest BCUT2D eigenvalue weighted by molar-refractivity contribution is 7.57. The lowest BCUT2D eigenvalue weighted by Gasteiger charge is -2.08. The summed E-state index contributed by atoms with van der Waals surface area (Å²) in [6.07, 6.45) is 0.222. The van der Waals surface area contributed by atoms with Crippen molar-refractivity contribution in [3.63, 3.8) is 0 Å². The fraction of sp³-hybridized carbons (Fsp3) is 0.625. The molecule has 1 unspecified atom stereocenters. The highest BCUT2D eigenvalue weighted by atomic mass is 31.2. The van der Waals surface area contributed by atoms with Crippen molar-refractivity contribution in [2.24, 2.45) is 0 Å². The van der Waals surface area contributed by atoms with Gasteiger partial charge in [0.2, 0.25) is 7.37 Å². The Morgan fingerprint density at radius 2 is 2.15 bits per heavy atom. The molecule has 0 aliphatic rings. The Morgan fingerprint density at radius 1 is 1.62 bits per heavy atom. The van der Waals surface area contributed by atoms with E-state index in [0.29, 0.717) is 5.57 Å². The third kappa shape index (κ3) is 5.61. The molecule has 0 bridgehead atoms. The van der Waals surface area contributed by atoms with Crippen LogP contribution in [0.4, 0.5) is 0 Å². The van der Waals surface area contributed by atoms with Crippen LogP contribution in [0.5, 0.6) is 0 Å². The van der Waals surface area contributed by atoms with Crippen LogP contribution in [0, 0.1) is 0 Å². The van der Waals surface area contributed by atoms with Gasteiger partial charge in [-0.15, -0.1) is 0 Å². The van der Waals surface area contributed by atoms with Gasteiger partial charge in [0.25, 0.3) is 0 Å². The molecular formula is C8H15O4P. The predicted molar refractivity (Wildman–Crippen MR) is 51.0 cm³/mol. The van der Waals surface area contributed by atoms with Crippen molar-refractivity contribution in [3.8, 4) is 0 Å². The molecule has 0 fully saturated rings. The summed E-state index contributed by atoms with van der Waals surface area (Å²) in [5, 5.41) is 0. The quantitative estimate of drug-likeness (QED) is 0.419. The zero-order chi connectivity index (χ0) is 10.5. The average molecular weight is 206 g/mol. The predicted octanol–water partition coefficient (Wildman–Crippen LogP) is 1.40. The maximum Gasteiger partial charge on any atom is 0.333 e. The number of hydrogen-bond donors (Lipinski definition) is 1. The number of esters is 1. The normalized spacial score (nSPS) is 14.7. The van der Waals surface area contributed by atoms with Crippen LogP contribution in [-0.2, 0) is 14.1 Å². The van der Waals surface area contributed by atoms with Gasteiger partial charge in [-0.3, -0.25) is 4.57 Å². The number of carbonyl (C=O) groups is 1.